The molecule has 1 atom stereocenters. The van der Waals surface area contributed by atoms with Gasteiger partial charge in [-0.15, -0.1) is 6.58 Å². The maximum Gasteiger partial charge on any atom is 0.366 e. The van der Waals surface area contributed by atoms with Gasteiger partial charge in [0.1, 0.15) is 0 Å². The first-order chi connectivity index (χ1) is 11.8. The third kappa shape index (κ3) is 7.52. The van der Waals surface area contributed by atoms with Gasteiger partial charge < -0.3 is 9.59 Å². The van der Waals surface area contributed by atoms with Crippen LogP contribution in [0.2, 0.25) is 0 Å². The maximum absolute atomic E-state index is 12.2. The molecule has 0 spiro atoms. The van der Waals surface area contributed by atoms with Gasteiger partial charge in [0.15, 0.2) is 0 Å². The highest BCUT2D eigenvalue weighted by atomic mass is 16.4. The zero-order chi connectivity index (χ0) is 19.3. The molecule has 0 radical (unpaired) electrons. The van der Waals surface area contributed by atoms with E-state index in [1.807, 2.05) is 0 Å². The molecule has 0 aliphatic carbocycles. The van der Waals surface area contributed by atoms with Crippen LogP contribution < -0.4 is 0 Å². The summed E-state index contributed by atoms with van der Waals surface area (Å²) < 4.78 is 0.506. The van der Waals surface area contributed by atoms with Crippen LogP contribution in [0.3, 0.4) is 0 Å². The second kappa shape index (κ2) is 12.5. The van der Waals surface area contributed by atoms with Gasteiger partial charge in [-0.1, -0.05) is 70.8 Å². The lowest BCUT2D eigenvalue weighted by Crippen LogP contribution is -2.66. The third-order valence-electron chi connectivity index (χ3n) is 6.22. The summed E-state index contributed by atoms with van der Waals surface area (Å²) in [6.45, 7) is 10.3. The Hall–Kier alpha value is -0.830. The van der Waals surface area contributed by atoms with E-state index in [1.165, 1.54) is 51.4 Å². The van der Waals surface area contributed by atoms with Gasteiger partial charge in [-0.2, -0.15) is 0 Å². The highest BCUT2D eigenvalue weighted by Gasteiger charge is 2.52. The molecule has 3 heteroatoms. The van der Waals surface area contributed by atoms with Crippen LogP contribution in [0.1, 0.15) is 97.8 Å². The number of carboxylic acids is 1. The smallest absolute Gasteiger partial charge is 0.366 e. The van der Waals surface area contributed by atoms with Gasteiger partial charge in [0.2, 0.25) is 5.54 Å². The molecule has 148 valence electrons. The molecule has 0 aromatic heterocycles. The summed E-state index contributed by atoms with van der Waals surface area (Å²) in [5.41, 5.74) is -0.754. The molecule has 3 nitrogen and oxygen atoms in total. The number of hydrogen-bond acceptors (Lipinski definition) is 1. The molecule has 0 saturated heterocycles. The van der Waals surface area contributed by atoms with Gasteiger partial charge in [-0.05, 0) is 20.3 Å². The van der Waals surface area contributed by atoms with E-state index in [1.54, 1.807) is 6.08 Å². The lowest BCUT2D eigenvalue weighted by atomic mass is 9.83. The largest absolute Gasteiger partial charge is 0.477 e. The number of carboxylic acid groups (broad SMARTS) is 1. The zero-order valence-electron chi connectivity index (χ0n) is 17.6. The summed E-state index contributed by atoms with van der Waals surface area (Å²) in [5, 5.41) is 10.0. The predicted octanol–water partition coefficient (Wildman–Crippen LogP) is 6.18. The van der Waals surface area contributed by atoms with E-state index in [4.69, 9.17) is 0 Å². The van der Waals surface area contributed by atoms with Crippen molar-refractivity contribution in [2.24, 2.45) is 0 Å². The fourth-order valence-electron chi connectivity index (χ4n) is 3.70. The SMILES string of the molecule is C=CCC(CCCCCCCCCCCC)(C(=O)O)[N+](C)(C)C(C)C. The summed E-state index contributed by atoms with van der Waals surface area (Å²) in [6.07, 6.45) is 15.8. The Morgan fingerprint density at radius 3 is 1.80 bits per heavy atom. The van der Waals surface area contributed by atoms with Crippen molar-refractivity contribution in [2.45, 2.75) is 109 Å². The molecule has 1 unspecified atom stereocenters. The van der Waals surface area contributed by atoms with Gasteiger partial charge in [-0.25, -0.2) is 4.79 Å². The van der Waals surface area contributed by atoms with Gasteiger partial charge in [0.25, 0.3) is 0 Å². The van der Waals surface area contributed by atoms with Gasteiger partial charge >= 0.3 is 5.97 Å². The van der Waals surface area contributed by atoms with Crippen LogP contribution in [0.4, 0.5) is 0 Å². The average molecular weight is 355 g/mol. The highest BCUT2D eigenvalue weighted by molar-refractivity contribution is 5.77. The summed E-state index contributed by atoms with van der Waals surface area (Å²) in [6, 6.07) is 0.263. The lowest BCUT2D eigenvalue weighted by Gasteiger charge is -2.48. The molecule has 0 bridgehead atoms. The minimum absolute atomic E-state index is 0.263. The average Bonchev–Trinajstić information content (AvgIpc) is 2.54. The van der Waals surface area contributed by atoms with Crippen LogP contribution in [-0.2, 0) is 4.79 Å². The van der Waals surface area contributed by atoms with E-state index in [-0.39, 0.29) is 6.04 Å². The van der Waals surface area contributed by atoms with E-state index in [0.29, 0.717) is 10.9 Å². The maximum atomic E-state index is 12.2. The van der Waals surface area contributed by atoms with Crippen molar-refractivity contribution in [1.29, 1.82) is 0 Å². The molecule has 0 amide bonds. The van der Waals surface area contributed by atoms with E-state index in [0.717, 1.165) is 19.3 Å². The van der Waals surface area contributed by atoms with Crippen molar-refractivity contribution in [1.82, 2.24) is 0 Å². The normalized spacial score (nSPS) is 14.5. The molecule has 0 heterocycles. The van der Waals surface area contributed by atoms with Crippen LogP contribution >= 0.6 is 0 Å². The van der Waals surface area contributed by atoms with E-state index in [9.17, 15) is 9.90 Å². The number of quaternary nitrogens is 1. The van der Waals surface area contributed by atoms with Crippen LogP contribution in [0, 0.1) is 0 Å². The highest BCUT2D eigenvalue weighted by Crippen LogP contribution is 2.34. The summed E-state index contributed by atoms with van der Waals surface area (Å²) in [4.78, 5) is 12.2. The number of likely N-dealkylation sites (N-methyl/N-ethyl adjacent to an activating group) is 1. The molecular weight excluding hydrogens is 310 g/mol. The molecule has 1 N–H and O–H groups in total. The van der Waals surface area contributed by atoms with Gasteiger partial charge in [0, 0.05) is 12.8 Å². The van der Waals surface area contributed by atoms with E-state index < -0.39 is 11.5 Å². The Kier molecular flexibility index (Phi) is 12.1. The van der Waals surface area contributed by atoms with Crippen LogP contribution in [-0.4, -0.2) is 41.2 Å². The fraction of sp³-hybridized carbons (Fsp3) is 0.864. The molecule has 0 aliphatic rings. The van der Waals surface area contributed by atoms with Crippen LogP contribution in [0.25, 0.3) is 0 Å². The molecule has 0 saturated carbocycles. The first kappa shape index (κ1) is 24.2. The first-order valence-electron chi connectivity index (χ1n) is 10.4. The van der Waals surface area contributed by atoms with Crippen molar-refractivity contribution in [3.05, 3.63) is 12.7 Å². The third-order valence-corrected chi connectivity index (χ3v) is 6.22. The number of rotatable bonds is 16. The Morgan fingerprint density at radius 1 is 1.00 bits per heavy atom. The monoisotopic (exact) mass is 354 g/mol. The predicted molar refractivity (Wildman–Crippen MR) is 109 cm³/mol. The van der Waals surface area contributed by atoms with Crippen molar-refractivity contribution in [3.8, 4) is 0 Å². The van der Waals surface area contributed by atoms with Crippen molar-refractivity contribution < 1.29 is 14.4 Å². The second-order valence-corrected chi connectivity index (χ2v) is 8.40. The molecular formula is C22H44NO2+. The summed E-state index contributed by atoms with van der Waals surface area (Å²) >= 11 is 0. The molecule has 0 aromatic rings. The van der Waals surface area contributed by atoms with Gasteiger partial charge in [-0.3, -0.25) is 0 Å². The Balaban J connectivity index is 4.38. The number of nitrogens with zero attached hydrogens (tertiary/aromatic N) is 1. The first-order valence-corrected chi connectivity index (χ1v) is 10.4. The van der Waals surface area contributed by atoms with Crippen molar-refractivity contribution in [2.75, 3.05) is 14.1 Å². The van der Waals surface area contributed by atoms with E-state index in [2.05, 4.69) is 41.4 Å². The Bertz CT molecular complexity index is 376. The number of aliphatic carboxylic acids is 1. The minimum atomic E-state index is -0.754. The van der Waals surface area contributed by atoms with Crippen molar-refractivity contribution in [3.63, 3.8) is 0 Å². The molecule has 0 fully saturated rings. The van der Waals surface area contributed by atoms with Crippen LogP contribution in [0.5, 0.6) is 0 Å². The van der Waals surface area contributed by atoms with Crippen molar-refractivity contribution >= 4 is 5.97 Å². The lowest BCUT2D eigenvalue weighted by molar-refractivity contribution is -0.951. The molecule has 0 rings (SSSR count). The van der Waals surface area contributed by atoms with Gasteiger partial charge in [0.05, 0.1) is 20.1 Å². The minimum Gasteiger partial charge on any atom is -0.477 e. The Morgan fingerprint density at radius 2 is 1.44 bits per heavy atom. The molecule has 0 aliphatic heterocycles. The summed E-state index contributed by atoms with van der Waals surface area (Å²) in [5.74, 6) is -0.679. The molecule has 25 heavy (non-hydrogen) atoms. The standard InChI is InChI=1S/C22H43NO2/c1-7-9-10-11-12-13-14-15-16-17-19-22(18-8-2,21(24)25)23(5,6)20(3)4/h8,20H,2,7,9-19H2,1,3-6H3/p+1. The quantitative estimate of drug-likeness (QED) is 0.204. The Labute approximate surface area is 157 Å². The molecule has 0 aromatic carbocycles. The van der Waals surface area contributed by atoms with Crippen LogP contribution in [0.15, 0.2) is 12.7 Å². The van der Waals surface area contributed by atoms with E-state index >= 15 is 0 Å². The summed E-state index contributed by atoms with van der Waals surface area (Å²) in [7, 11) is 4.11. The number of carbonyl (C=O) groups is 1. The number of unbranched alkanes of at least 4 members (excludes halogenated alkanes) is 9. The second-order valence-electron chi connectivity index (χ2n) is 8.40. The zero-order valence-corrected chi connectivity index (χ0v) is 17.6. The number of hydrogen-bond donors (Lipinski definition) is 1. The fourth-order valence-corrected chi connectivity index (χ4v) is 3.70. The topological polar surface area (TPSA) is 37.3 Å².